The van der Waals surface area contributed by atoms with E-state index in [2.05, 4.69) is 27.7 Å². The summed E-state index contributed by atoms with van der Waals surface area (Å²) in [5.41, 5.74) is 2.12. The Bertz CT molecular complexity index is 844. The number of benzene rings is 2. The number of aryl methyl sites for hydroxylation is 1. The van der Waals surface area contributed by atoms with E-state index in [1.165, 1.54) is 17.7 Å². The zero-order valence-electron chi connectivity index (χ0n) is 14.9. The van der Waals surface area contributed by atoms with Gasteiger partial charge >= 0.3 is 6.03 Å². The molecule has 27 heavy (non-hydrogen) atoms. The van der Waals surface area contributed by atoms with Crippen LogP contribution in [0.15, 0.2) is 42.5 Å². The Kier molecular flexibility index (Phi) is 5.93. The van der Waals surface area contributed by atoms with Crippen LogP contribution in [0.2, 0.25) is 5.02 Å². The average molecular weight is 389 g/mol. The second-order valence-corrected chi connectivity index (χ2v) is 7.09. The Morgan fingerprint density at radius 1 is 1.33 bits per heavy atom. The standard InChI is InChI=1S/C19H21ClN4O3/c1-13-9-18(24(26)27)16(20)10-17(13)22-19(25)21-15-7-8-23(12-15)11-14-5-3-2-4-6-14/h2-6,9-10,15H,7-8,11-12H2,1H3,(H2,21,22,25). The lowest BCUT2D eigenvalue weighted by Gasteiger charge is -2.17. The van der Waals surface area contributed by atoms with Crippen LogP contribution in [0.3, 0.4) is 0 Å². The number of urea groups is 1. The number of carbonyl (C=O) groups is 1. The van der Waals surface area contributed by atoms with Gasteiger partial charge in [-0.25, -0.2) is 4.79 Å². The molecular weight excluding hydrogens is 368 g/mol. The Morgan fingerprint density at radius 2 is 2.07 bits per heavy atom. The quantitative estimate of drug-likeness (QED) is 0.599. The minimum atomic E-state index is -0.543. The highest BCUT2D eigenvalue weighted by Crippen LogP contribution is 2.30. The number of nitro benzene ring substituents is 1. The van der Waals surface area contributed by atoms with Gasteiger partial charge < -0.3 is 10.6 Å². The summed E-state index contributed by atoms with van der Waals surface area (Å²) >= 11 is 5.93. The number of nitrogens with zero attached hydrogens (tertiary/aromatic N) is 2. The number of halogens is 1. The first-order chi connectivity index (χ1) is 12.9. The Morgan fingerprint density at radius 3 is 2.78 bits per heavy atom. The van der Waals surface area contributed by atoms with Gasteiger partial charge in [0.15, 0.2) is 0 Å². The van der Waals surface area contributed by atoms with Crippen molar-refractivity contribution in [1.82, 2.24) is 10.2 Å². The van der Waals surface area contributed by atoms with E-state index < -0.39 is 4.92 Å². The summed E-state index contributed by atoms with van der Waals surface area (Å²) in [4.78, 5) is 25.0. The molecule has 1 aliphatic rings. The highest BCUT2D eigenvalue weighted by atomic mass is 35.5. The van der Waals surface area contributed by atoms with Crippen LogP contribution in [-0.2, 0) is 6.54 Å². The van der Waals surface area contributed by atoms with Gasteiger partial charge in [0.1, 0.15) is 5.02 Å². The van der Waals surface area contributed by atoms with Gasteiger partial charge in [-0.2, -0.15) is 0 Å². The van der Waals surface area contributed by atoms with E-state index in [0.717, 1.165) is 26.1 Å². The first kappa shape index (κ1) is 19.1. The lowest BCUT2D eigenvalue weighted by Crippen LogP contribution is -2.39. The van der Waals surface area contributed by atoms with Gasteiger partial charge in [0.2, 0.25) is 0 Å². The van der Waals surface area contributed by atoms with Crippen LogP contribution < -0.4 is 10.6 Å². The van der Waals surface area contributed by atoms with Crippen LogP contribution in [0, 0.1) is 17.0 Å². The number of hydrogen-bond donors (Lipinski definition) is 2. The molecule has 2 aromatic rings. The molecule has 3 rings (SSSR count). The Hall–Kier alpha value is -2.64. The molecule has 8 heteroatoms. The zero-order valence-corrected chi connectivity index (χ0v) is 15.7. The number of hydrogen-bond acceptors (Lipinski definition) is 4. The molecular formula is C19H21ClN4O3. The van der Waals surface area contributed by atoms with Crippen LogP contribution >= 0.6 is 11.6 Å². The molecule has 0 aromatic heterocycles. The summed E-state index contributed by atoms with van der Waals surface area (Å²) < 4.78 is 0. The SMILES string of the molecule is Cc1cc([N+](=O)[O-])c(Cl)cc1NC(=O)NC1CCN(Cc2ccccc2)C1. The summed E-state index contributed by atoms with van der Waals surface area (Å²) in [5.74, 6) is 0. The predicted molar refractivity (Wildman–Crippen MR) is 105 cm³/mol. The molecule has 1 saturated heterocycles. The summed E-state index contributed by atoms with van der Waals surface area (Å²) in [6.45, 7) is 4.25. The number of nitro groups is 1. The third-order valence-electron chi connectivity index (χ3n) is 4.60. The molecule has 1 unspecified atom stereocenters. The first-order valence-electron chi connectivity index (χ1n) is 8.70. The van der Waals surface area contributed by atoms with Gasteiger partial charge in [0.05, 0.1) is 4.92 Å². The normalized spacial score (nSPS) is 16.9. The number of amides is 2. The van der Waals surface area contributed by atoms with Crippen molar-refractivity contribution in [1.29, 1.82) is 0 Å². The van der Waals surface area contributed by atoms with Crippen molar-refractivity contribution in [2.75, 3.05) is 18.4 Å². The van der Waals surface area contributed by atoms with Gasteiger partial charge in [-0.05, 0) is 30.5 Å². The van der Waals surface area contributed by atoms with Crippen molar-refractivity contribution in [2.45, 2.75) is 25.9 Å². The lowest BCUT2D eigenvalue weighted by molar-refractivity contribution is -0.384. The minimum Gasteiger partial charge on any atom is -0.334 e. The fraction of sp³-hybridized carbons (Fsp3) is 0.316. The molecule has 1 heterocycles. The van der Waals surface area contributed by atoms with Gasteiger partial charge in [0.25, 0.3) is 5.69 Å². The zero-order chi connectivity index (χ0) is 19.4. The summed E-state index contributed by atoms with van der Waals surface area (Å²) in [7, 11) is 0. The van der Waals surface area contributed by atoms with E-state index in [1.54, 1.807) is 6.92 Å². The second-order valence-electron chi connectivity index (χ2n) is 6.68. The third kappa shape index (κ3) is 4.96. The van der Waals surface area contributed by atoms with E-state index in [0.29, 0.717) is 11.3 Å². The van der Waals surface area contributed by atoms with E-state index in [1.807, 2.05) is 18.2 Å². The maximum atomic E-state index is 12.3. The van der Waals surface area contributed by atoms with E-state index in [-0.39, 0.29) is 22.8 Å². The molecule has 2 N–H and O–H groups in total. The highest BCUT2D eigenvalue weighted by Gasteiger charge is 2.24. The van der Waals surface area contributed by atoms with Gasteiger partial charge in [0, 0.05) is 37.4 Å². The predicted octanol–water partition coefficient (Wildman–Crippen LogP) is 3.95. The molecule has 0 radical (unpaired) electrons. The number of carbonyl (C=O) groups excluding carboxylic acids is 1. The molecule has 2 aromatic carbocycles. The molecule has 1 fully saturated rings. The van der Waals surface area contributed by atoms with Crippen LogP contribution in [0.1, 0.15) is 17.5 Å². The van der Waals surface area contributed by atoms with Gasteiger partial charge in [-0.3, -0.25) is 15.0 Å². The highest BCUT2D eigenvalue weighted by molar-refractivity contribution is 6.33. The molecule has 0 aliphatic carbocycles. The van der Waals surface area contributed by atoms with Crippen molar-refractivity contribution >= 4 is 29.0 Å². The van der Waals surface area contributed by atoms with E-state index >= 15 is 0 Å². The van der Waals surface area contributed by atoms with Crippen molar-refractivity contribution < 1.29 is 9.72 Å². The van der Waals surface area contributed by atoms with Gasteiger partial charge in [-0.1, -0.05) is 41.9 Å². The van der Waals surface area contributed by atoms with E-state index in [9.17, 15) is 14.9 Å². The molecule has 1 aliphatic heterocycles. The first-order valence-corrected chi connectivity index (χ1v) is 9.08. The maximum Gasteiger partial charge on any atom is 0.319 e. The van der Waals surface area contributed by atoms with Crippen LogP contribution in [-0.4, -0.2) is 35.0 Å². The van der Waals surface area contributed by atoms with Crippen LogP contribution in [0.4, 0.5) is 16.2 Å². The fourth-order valence-electron chi connectivity index (χ4n) is 3.22. The number of nitrogens with one attached hydrogen (secondary N) is 2. The van der Waals surface area contributed by atoms with Crippen molar-refractivity contribution in [3.8, 4) is 0 Å². The topological polar surface area (TPSA) is 87.5 Å². The number of anilines is 1. The molecule has 142 valence electrons. The fourth-order valence-corrected chi connectivity index (χ4v) is 3.45. The molecule has 7 nitrogen and oxygen atoms in total. The summed E-state index contributed by atoms with van der Waals surface area (Å²) in [6, 6.07) is 12.7. The average Bonchev–Trinajstić information content (AvgIpc) is 3.05. The third-order valence-corrected chi connectivity index (χ3v) is 4.90. The van der Waals surface area contributed by atoms with E-state index in [4.69, 9.17) is 11.6 Å². The molecule has 0 spiro atoms. The summed E-state index contributed by atoms with van der Waals surface area (Å²) in [5, 5.41) is 16.6. The monoisotopic (exact) mass is 388 g/mol. The molecule has 2 amide bonds. The van der Waals surface area contributed by atoms with Crippen molar-refractivity contribution in [2.24, 2.45) is 0 Å². The van der Waals surface area contributed by atoms with Crippen LogP contribution in [0.25, 0.3) is 0 Å². The van der Waals surface area contributed by atoms with Gasteiger partial charge in [-0.15, -0.1) is 0 Å². The second kappa shape index (κ2) is 8.37. The Labute approximate surface area is 162 Å². The smallest absolute Gasteiger partial charge is 0.319 e. The largest absolute Gasteiger partial charge is 0.334 e. The number of rotatable bonds is 5. The van der Waals surface area contributed by atoms with Crippen LogP contribution in [0.5, 0.6) is 0 Å². The molecule has 1 atom stereocenters. The van der Waals surface area contributed by atoms with Crippen molar-refractivity contribution in [3.63, 3.8) is 0 Å². The lowest BCUT2D eigenvalue weighted by atomic mass is 10.2. The maximum absolute atomic E-state index is 12.3. The summed E-state index contributed by atoms with van der Waals surface area (Å²) in [6.07, 6.45) is 0.875. The minimum absolute atomic E-state index is 0.00389. The molecule has 0 saturated carbocycles. The van der Waals surface area contributed by atoms with Crippen molar-refractivity contribution in [3.05, 3.63) is 68.7 Å². The Balaban J connectivity index is 1.54. The number of likely N-dealkylation sites (tertiary alicyclic amines) is 1. The molecule has 0 bridgehead atoms.